The van der Waals surface area contributed by atoms with Crippen molar-refractivity contribution in [3.63, 3.8) is 0 Å². The molecule has 0 aliphatic heterocycles. The number of nitrogens with zero attached hydrogens (tertiary/aromatic N) is 3. The monoisotopic (exact) mass is 436 g/mol. The molecule has 0 spiro atoms. The average molecular weight is 437 g/mol. The highest BCUT2D eigenvalue weighted by Gasteiger charge is 2.34. The molecular formula is C21H29FN4O3S. The molecule has 7 nitrogen and oxygen atoms in total. The minimum Gasteiger partial charge on any atom is -0.493 e. The number of benzene rings is 1. The number of halogens is 1. The first-order valence-corrected chi connectivity index (χ1v) is 12.3. The van der Waals surface area contributed by atoms with Crippen molar-refractivity contribution < 1.29 is 17.5 Å². The Bertz CT molecular complexity index is 974. The maximum absolute atomic E-state index is 14.5. The van der Waals surface area contributed by atoms with Crippen LogP contribution in [0.2, 0.25) is 0 Å². The van der Waals surface area contributed by atoms with Gasteiger partial charge in [-0.2, -0.15) is 0 Å². The van der Waals surface area contributed by atoms with Crippen molar-refractivity contribution in [3.05, 3.63) is 36.2 Å². The minimum absolute atomic E-state index is 0.163. The lowest BCUT2D eigenvalue weighted by Crippen LogP contribution is -2.39. The summed E-state index contributed by atoms with van der Waals surface area (Å²) in [7, 11) is -3.96. The molecule has 1 aromatic heterocycles. The van der Waals surface area contributed by atoms with Crippen LogP contribution in [-0.2, 0) is 10.0 Å². The van der Waals surface area contributed by atoms with E-state index in [0.717, 1.165) is 56.8 Å². The van der Waals surface area contributed by atoms with Crippen LogP contribution in [0.15, 0.2) is 29.4 Å². The maximum atomic E-state index is 14.5. The SMILES string of the molecule is CCCCOc1ccc(S(=O)(=O)NC2CCCC(n3cnnc3C3CC3)C2)c(F)c1. The molecule has 2 atom stereocenters. The van der Waals surface area contributed by atoms with Crippen LogP contribution in [-0.4, -0.2) is 35.8 Å². The standard InChI is InChI=1S/C21H29FN4O3S/c1-2-3-11-29-18-9-10-20(19(22)13-18)30(27,28)25-16-5-4-6-17(12-16)26-14-23-24-21(26)15-7-8-15/h9-10,13-17,25H,2-8,11-12H2,1H3. The van der Waals surface area contributed by atoms with Crippen molar-refractivity contribution >= 4 is 10.0 Å². The fourth-order valence-electron chi connectivity index (χ4n) is 4.10. The van der Waals surface area contributed by atoms with E-state index in [1.165, 1.54) is 12.1 Å². The van der Waals surface area contributed by atoms with E-state index in [-0.39, 0.29) is 17.0 Å². The van der Waals surface area contributed by atoms with Gasteiger partial charge in [-0.15, -0.1) is 10.2 Å². The van der Waals surface area contributed by atoms with Crippen molar-refractivity contribution in [1.29, 1.82) is 0 Å². The normalized spacial score (nSPS) is 22.2. The molecule has 2 aromatic rings. The molecule has 2 saturated carbocycles. The summed E-state index contributed by atoms with van der Waals surface area (Å²) >= 11 is 0. The van der Waals surface area contributed by atoms with Gasteiger partial charge < -0.3 is 9.30 Å². The second kappa shape index (κ2) is 9.01. The highest BCUT2D eigenvalue weighted by atomic mass is 32.2. The predicted molar refractivity (Wildman–Crippen MR) is 110 cm³/mol. The highest BCUT2D eigenvalue weighted by Crippen LogP contribution is 2.41. The van der Waals surface area contributed by atoms with E-state index >= 15 is 0 Å². The lowest BCUT2D eigenvalue weighted by atomic mass is 9.91. The number of hydrogen-bond donors (Lipinski definition) is 1. The Morgan fingerprint density at radius 1 is 1.27 bits per heavy atom. The van der Waals surface area contributed by atoms with Gasteiger partial charge in [0.15, 0.2) is 0 Å². The van der Waals surface area contributed by atoms with Crippen molar-refractivity contribution in [2.24, 2.45) is 0 Å². The van der Waals surface area contributed by atoms with Gasteiger partial charge in [-0.05, 0) is 57.1 Å². The molecule has 164 valence electrons. The lowest BCUT2D eigenvalue weighted by Gasteiger charge is -2.31. The summed E-state index contributed by atoms with van der Waals surface area (Å²) in [5.74, 6) is 1.04. The number of sulfonamides is 1. The Morgan fingerprint density at radius 3 is 2.83 bits per heavy atom. The van der Waals surface area contributed by atoms with Crippen molar-refractivity contribution in [1.82, 2.24) is 19.5 Å². The third kappa shape index (κ3) is 4.83. The van der Waals surface area contributed by atoms with E-state index in [1.807, 2.05) is 6.92 Å². The van der Waals surface area contributed by atoms with Gasteiger partial charge in [-0.1, -0.05) is 13.3 Å². The Kier molecular flexibility index (Phi) is 6.38. The fourth-order valence-corrected chi connectivity index (χ4v) is 5.44. The van der Waals surface area contributed by atoms with E-state index in [4.69, 9.17) is 4.74 Å². The van der Waals surface area contributed by atoms with E-state index in [1.54, 1.807) is 6.33 Å². The first-order chi connectivity index (χ1) is 14.5. The van der Waals surface area contributed by atoms with E-state index < -0.39 is 15.8 Å². The quantitative estimate of drug-likeness (QED) is 0.602. The molecule has 1 aromatic carbocycles. The highest BCUT2D eigenvalue weighted by molar-refractivity contribution is 7.89. The predicted octanol–water partition coefficient (Wildman–Crippen LogP) is 3.94. The Morgan fingerprint density at radius 2 is 2.10 bits per heavy atom. The zero-order chi connectivity index (χ0) is 21.1. The summed E-state index contributed by atoms with van der Waals surface area (Å²) in [6, 6.07) is 3.85. The van der Waals surface area contributed by atoms with Gasteiger partial charge in [0, 0.05) is 24.1 Å². The van der Waals surface area contributed by atoms with Gasteiger partial charge in [0.2, 0.25) is 10.0 Å². The third-order valence-electron chi connectivity index (χ3n) is 5.86. The Hall–Kier alpha value is -2.00. The van der Waals surface area contributed by atoms with Crippen LogP contribution in [0.3, 0.4) is 0 Å². The molecule has 2 aliphatic rings. The van der Waals surface area contributed by atoms with Gasteiger partial charge in [-0.25, -0.2) is 17.5 Å². The lowest BCUT2D eigenvalue weighted by molar-refractivity contribution is 0.300. The van der Waals surface area contributed by atoms with Gasteiger partial charge >= 0.3 is 0 Å². The molecule has 2 aliphatic carbocycles. The summed E-state index contributed by atoms with van der Waals surface area (Å²) < 4.78 is 50.5. The summed E-state index contributed by atoms with van der Waals surface area (Å²) in [5.41, 5.74) is 0. The molecule has 9 heteroatoms. The summed E-state index contributed by atoms with van der Waals surface area (Å²) in [5, 5.41) is 8.33. The molecule has 2 fully saturated rings. The largest absolute Gasteiger partial charge is 0.493 e. The third-order valence-corrected chi connectivity index (χ3v) is 7.42. The number of unbranched alkanes of at least 4 members (excludes halogenated alkanes) is 1. The summed E-state index contributed by atoms with van der Waals surface area (Å²) in [6.07, 6.45) is 9.11. The number of hydrogen-bond acceptors (Lipinski definition) is 5. The number of aromatic nitrogens is 3. The van der Waals surface area contributed by atoms with E-state index in [9.17, 15) is 12.8 Å². The van der Waals surface area contributed by atoms with Crippen molar-refractivity contribution in [3.8, 4) is 5.75 Å². The van der Waals surface area contributed by atoms with Crippen molar-refractivity contribution in [2.45, 2.75) is 81.2 Å². The molecule has 4 rings (SSSR count). The molecule has 0 saturated heterocycles. The van der Waals surface area contributed by atoms with E-state index in [2.05, 4.69) is 19.5 Å². The molecular weight excluding hydrogens is 407 g/mol. The van der Waals surface area contributed by atoms with Gasteiger partial charge in [0.1, 0.15) is 28.6 Å². The van der Waals surface area contributed by atoms with Gasteiger partial charge in [-0.3, -0.25) is 0 Å². The Balaban J connectivity index is 1.43. The number of ether oxygens (including phenoxy) is 1. The molecule has 0 amide bonds. The van der Waals surface area contributed by atoms with Crippen LogP contribution in [0.25, 0.3) is 0 Å². The van der Waals surface area contributed by atoms with Gasteiger partial charge in [0.05, 0.1) is 6.61 Å². The van der Waals surface area contributed by atoms with Crippen LogP contribution >= 0.6 is 0 Å². The van der Waals surface area contributed by atoms with Crippen LogP contribution < -0.4 is 9.46 Å². The molecule has 2 unspecified atom stereocenters. The Labute approximate surface area is 177 Å². The first kappa shape index (κ1) is 21.2. The molecule has 1 N–H and O–H groups in total. The van der Waals surface area contributed by atoms with Crippen LogP contribution in [0, 0.1) is 5.82 Å². The smallest absolute Gasteiger partial charge is 0.243 e. The molecule has 0 radical (unpaired) electrons. The van der Waals surface area contributed by atoms with Crippen LogP contribution in [0.1, 0.15) is 76.1 Å². The number of rotatable bonds is 9. The fraction of sp³-hybridized carbons (Fsp3) is 0.619. The first-order valence-electron chi connectivity index (χ1n) is 10.8. The average Bonchev–Trinajstić information content (AvgIpc) is 3.44. The molecule has 0 bridgehead atoms. The zero-order valence-electron chi connectivity index (χ0n) is 17.3. The van der Waals surface area contributed by atoms with Gasteiger partial charge in [0.25, 0.3) is 0 Å². The van der Waals surface area contributed by atoms with Crippen molar-refractivity contribution in [2.75, 3.05) is 6.61 Å². The van der Waals surface area contributed by atoms with E-state index in [0.29, 0.717) is 24.7 Å². The topological polar surface area (TPSA) is 86.1 Å². The maximum Gasteiger partial charge on any atom is 0.243 e. The summed E-state index contributed by atoms with van der Waals surface area (Å²) in [6.45, 7) is 2.52. The zero-order valence-corrected chi connectivity index (χ0v) is 18.1. The number of nitrogens with one attached hydrogen (secondary N) is 1. The van der Waals surface area contributed by atoms with Crippen LogP contribution in [0.5, 0.6) is 5.75 Å². The minimum atomic E-state index is -3.96. The summed E-state index contributed by atoms with van der Waals surface area (Å²) in [4.78, 5) is -0.338. The second-order valence-electron chi connectivity index (χ2n) is 8.30. The molecule has 30 heavy (non-hydrogen) atoms. The second-order valence-corrected chi connectivity index (χ2v) is 9.99. The van der Waals surface area contributed by atoms with Crippen LogP contribution in [0.4, 0.5) is 4.39 Å². The molecule has 1 heterocycles.